The lowest BCUT2D eigenvalue weighted by Gasteiger charge is -2.05. The first-order valence-electron chi connectivity index (χ1n) is 6.00. The molecule has 0 unspecified atom stereocenters. The molecule has 0 saturated heterocycles. The summed E-state index contributed by atoms with van der Waals surface area (Å²) < 4.78 is 4.80. The average Bonchev–Trinajstić information content (AvgIpc) is 2.92. The first-order valence-corrected chi connectivity index (χ1v) is 6.81. The van der Waals surface area contributed by atoms with Gasteiger partial charge in [-0.05, 0) is 34.6 Å². The lowest BCUT2D eigenvalue weighted by molar-refractivity contribution is -0.114. The molecular formula is C14H11N3O2S. The van der Waals surface area contributed by atoms with Crippen molar-refractivity contribution in [1.82, 2.24) is 10.3 Å². The number of amides is 1. The van der Waals surface area contributed by atoms with Crippen LogP contribution in [0.15, 0.2) is 56.9 Å². The molecule has 1 heterocycles. The number of aromatic nitrogens is 2. The van der Waals surface area contributed by atoms with Gasteiger partial charge in [-0.25, -0.2) is 4.63 Å². The van der Waals surface area contributed by atoms with Gasteiger partial charge in [0.2, 0.25) is 5.91 Å². The van der Waals surface area contributed by atoms with Gasteiger partial charge in [0, 0.05) is 16.7 Å². The molecule has 2 aromatic carbocycles. The number of benzene rings is 2. The normalized spacial score (nSPS) is 10.7. The van der Waals surface area contributed by atoms with E-state index in [1.54, 1.807) is 17.8 Å². The highest BCUT2D eigenvalue weighted by Crippen LogP contribution is 2.34. The second-order valence-corrected chi connectivity index (χ2v) is 5.28. The summed E-state index contributed by atoms with van der Waals surface area (Å²) in [7, 11) is 0. The zero-order valence-electron chi connectivity index (χ0n) is 10.7. The largest absolute Gasteiger partial charge is 0.324 e. The van der Waals surface area contributed by atoms with Gasteiger partial charge in [-0.2, -0.15) is 0 Å². The van der Waals surface area contributed by atoms with Crippen molar-refractivity contribution in [1.29, 1.82) is 0 Å². The molecule has 3 aromatic rings. The van der Waals surface area contributed by atoms with Crippen molar-refractivity contribution in [3.05, 3.63) is 42.5 Å². The molecule has 6 heteroatoms. The molecule has 0 aliphatic carbocycles. The van der Waals surface area contributed by atoms with Crippen molar-refractivity contribution in [3.63, 3.8) is 0 Å². The average molecular weight is 285 g/mol. The Morgan fingerprint density at radius 2 is 1.85 bits per heavy atom. The fourth-order valence-corrected chi connectivity index (χ4v) is 2.75. The number of carbonyl (C=O) groups excluding carboxylic acids is 1. The van der Waals surface area contributed by atoms with Gasteiger partial charge in [-0.3, -0.25) is 4.79 Å². The van der Waals surface area contributed by atoms with Crippen molar-refractivity contribution >= 4 is 34.4 Å². The lowest BCUT2D eigenvalue weighted by Crippen LogP contribution is -2.06. The predicted molar refractivity (Wildman–Crippen MR) is 76.7 cm³/mol. The van der Waals surface area contributed by atoms with E-state index in [1.165, 1.54) is 6.92 Å². The van der Waals surface area contributed by atoms with Gasteiger partial charge >= 0.3 is 0 Å². The quantitative estimate of drug-likeness (QED) is 0.799. The molecule has 5 nitrogen and oxygen atoms in total. The Morgan fingerprint density at radius 1 is 1.10 bits per heavy atom. The van der Waals surface area contributed by atoms with Crippen LogP contribution in [0.2, 0.25) is 0 Å². The maximum Gasteiger partial charge on any atom is 0.221 e. The Hall–Kier alpha value is -2.34. The summed E-state index contributed by atoms with van der Waals surface area (Å²) >= 11 is 1.57. The molecule has 0 spiro atoms. The lowest BCUT2D eigenvalue weighted by atomic mass is 10.2. The number of rotatable bonds is 3. The van der Waals surface area contributed by atoms with E-state index in [1.807, 2.05) is 36.4 Å². The molecule has 0 fully saturated rings. The minimum absolute atomic E-state index is 0.155. The summed E-state index contributed by atoms with van der Waals surface area (Å²) in [6, 6.07) is 13.7. The first-order chi connectivity index (χ1) is 9.74. The number of hydrogen-bond acceptors (Lipinski definition) is 5. The molecule has 0 radical (unpaired) electrons. The SMILES string of the molecule is CC(=O)Nc1ccc(Sc2ccccc2)c2nonc12. The van der Waals surface area contributed by atoms with Crippen LogP contribution in [0.25, 0.3) is 11.0 Å². The van der Waals surface area contributed by atoms with E-state index in [0.29, 0.717) is 16.7 Å². The molecule has 20 heavy (non-hydrogen) atoms. The monoisotopic (exact) mass is 285 g/mol. The van der Waals surface area contributed by atoms with Gasteiger partial charge in [0.25, 0.3) is 0 Å². The Labute approximate surface area is 119 Å². The van der Waals surface area contributed by atoms with E-state index < -0.39 is 0 Å². The number of hydrogen-bond donors (Lipinski definition) is 1. The zero-order valence-corrected chi connectivity index (χ0v) is 11.5. The summed E-state index contributed by atoms with van der Waals surface area (Å²) in [5, 5.41) is 10.5. The van der Waals surface area contributed by atoms with Crippen molar-refractivity contribution in [3.8, 4) is 0 Å². The van der Waals surface area contributed by atoms with Crippen molar-refractivity contribution in [2.75, 3.05) is 5.32 Å². The fourth-order valence-electron chi connectivity index (χ4n) is 1.83. The van der Waals surface area contributed by atoms with Crippen LogP contribution in [0.3, 0.4) is 0 Å². The molecule has 0 atom stereocenters. The third kappa shape index (κ3) is 2.50. The van der Waals surface area contributed by atoms with Gasteiger partial charge < -0.3 is 5.32 Å². The maximum absolute atomic E-state index is 11.2. The Kier molecular flexibility index (Phi) is 3.39. The second-order valence-electron chi connectivity index (χ2n) is 4.17. The van der Waals surface area contributed by atoms with Gasteiger partial charge in [-0.15, -0.1) is 0 Å². The van der Waals surface area contributed by atoms with Gasteiger partial charge in [0.15, 0.2) is 11.0 Å². The van der Waals surface area contributed by atoms with Crippen LogP contribution in [0.1, 0.15) is 6.92 Å². The highest BCUT2D eigenvalue weighted by Gasteiger charge is 2.13. The molecule has 0 bridgehead atoms. The minimum atomic E-state index is -0.155. The van der Waals surface area contributed by atoms with Crippen LogP contribution < -0.4 is 5.32 Å². The molecule has 0 saturated carbocycles. The highest BCUT2D eigenvalue weighted by atomic mass is 32.2. The second kappa shape index (κ2) is 5.34. The van der Waals surface area contributed by atoms with Gasteiger partial charge in [0.05, 0.1) is 5.69 Å². The molecule has 1 N–H and O–H groups in total. The standard InChI is InChI=1S/C14H11N3O2S/c1-9(18)15-11-7-8-12(14-13(11)16-19-17-14)20-10-5-3-2-4-6-10/h2-8H,1H3,(H,15,18). The van der Waals surface area contributed by atoms with E-state index in [2.05, 4.69) is 15.6 Å². The molecule has 1 amide bonds. The molecule has 1 aromatic heterocycles. The highest BCUT2D eigenvalue weighted by molar-refractivity contribution is 7.99. The number of nitrogens with zero attached hydrogens (tertiary/aromatic N) is 2. The van der Waals surface area contributed by atoms with Crippen LogP contribution in [-0.2, 0) is 4.79 Å². The first kappa shape index (κ1) is 12.7. The smallest absolute Gasteiger partial charge is 0.221 e. The maximum atomic E-state index is 11.2. The Morgan fingerprint density at radius 3 is 2.60 bits per heavy atom. The summed E-state index contributed by atoms with van der Waals surface area (Å²) in [5.41, 5.74) is 1.80. The van der Waals surface area contributed by atoms with Crippen LogP contribution in [0, 0.1) is 0 Å². The van der Waals surface area contributed by atoms with Crippen LogP contribution in [0.4, 0.5) is 5.69 Å². The molecule has 100 valence electrons. The number of anilines is 1. The summed E-state index contributed by atoms with van der Waals surface area (Å²) in [4.78, 5) is 13.2. The van der Waals surface area contributed by atoms with E-state index in [-0.39, 0.29) is 5.91 Å². The number of carbonyl (C=O) groups is 1. The van der Waals surface area contributed by atoms with Gasteiger partial charge in [0.1, 0.15) is 0 Å². The van der Waals surface area contributed by atoms with E-state index in [4.69, 9.17) is 4.63 Å². The topological polar surface area (TPSA) is 68.0 Å². The van der Waals surface area contributed by atoms with Crippen molar-refractivity contribution < 1.29 is 9.42 Å². The third-order valence-corrected chi connectivity index (χ3v) is 3.72. The number of nitrogens with one attached hydrogen (secondary N) is 1. The summed E-state index contributed by atoms with van der Waals surface area (Å²) in [6.07, 6.45) is 0. The van der Waals surface area contributed by atoms with E-state index in [0.717, 1.165) is 9.79 Å². The number of fused-ring (bicyclic) bond motifs is 1. The predicted octanol–water partition coefficient (Wildman–Crippen LogP) is 3.33. The molecular weight excluding hydrogens is 274 g/mol. The Balaban J connectivity index is 2.01. The molecule has 0 aliphatic heterocycles. The Bertz CT molecular complexity index is 755. The van der Waals surface area contributed by atoms with Crippen molar-refractivity contribution in [2.45, 2.75) is 16.7 Å². The fraction of sp³-hybridized carbons (Fsp3) is 0.0714. The van der Waals surface area contributed by atoms with E-state index in [9.17, 15) is 4.79 Å². The summed E-state index contributed by atoms with van der Waals surface area (Å²) in [6.45, 7) is 1.45. The summed E-state index contributed by atoms with van der Waals surface area (Å²) in [5.74, 6) is -0.155. The zero-order chi connectivity index (χ0) is 13.9. The third-order valence-electron chi connectivity index (χ3n) is 2.66. The van der Waals surface area contributed by atoms with Crippen molar-refractivity contribution in [2.24, 2.45) is 0 Å². The van der Waals surface area contributed by atoms with Crippen LogP contribution in [0.5, 0.6) is 0 Å². The van der Waals surface area contributed by atoms with Gasteiger partial charge in [-0.1, -0.05) is 30.0 Å². The molecule has 3 rings (SSSR count). The van der Waals surface area contributed by atoms with Crippen LogP contribution >= 0.6 is 11.8 Å². The van der Waals surface area contributed by atoms with Crippen LogP contribution in [-0.4, -0.2) is 16.2 Å². The van der Waals surface area contributed by atoms with E-state index >= 15 is 0 Å². The minimum Gasteiger partial charge on any atom is -0.324 e. The molecule has 0 aliphatic rings.